The van der Waals surface area contributed by atoms with Gasteiger partial charge in [0, 0.05) is 10.7 Å². The fourth-order valence-corrected chi connectivity index (χ4v) is 2.35. The second-order valence-corrected chi connectivity index (χ2v) is 6.65. The van der Waals surface area contributed by atoms with Crippen molar-refractivity contribution in [2.24, 2.45) is 5.92 Å². The van der Waals surface area contributed by atoms with E-state index in [4.69, 9.17) is 5.73 Å². The van der Waals surface area contributed by atoms with Crippen molar-refractivity contribution in [1.29, 1.82) is 0 Å². The maximum absolute atomic E-state index is 5.97. The topological polar surface area (TPSA) is 64.7 Å². The zero-order valence-electron chi connectivity index (χ0n) is 10.7. The van der Waals surface area contributed by atoms with E-state index in [1.54, 1.807) is 6.20 Å². The molecule has 2 rings (SSSR count). The molecule has 0 radical (unpaired) electrons. The summed E-state index contributed by atoms with van der Waals surface area (Å²) in [7, 11) is 0. The van der Waals surface area contributed by atoms with Crippen LogP contribution < -0.4 is 5.73 Å². The zero-order valence-corrected chi connectivity index (χ0v) is 14.4. The summed E-state index contributed by atoms with van der Waals surface area (Å²) < 4.78 is 1.87. The number of rotatable bonds is 3. The molecule has 6 heteroatoms. The van der Waals surface area contributed by atoms with Crippen molar-refractivity contribution < 1.29 is 0 Å². The number of hydrogen-bond donors (Lipinski definition) is 1. The number of nitrogen functional groups attached to an aromatic ring is 1. The second kappa shape index (κ2) is 6.13. The molecule has 0 aliphatic carbocycles. The summed E-state index contributed by atoms with van der Waals surface area (Å²) in [5.41, 5.74) is 7.69. The van der Waals surface area contributed by atoms with Crippen LogP contribution in [0.1, 0.15) is 19.5 Å². The van der Waals surface area contributed by atoms with Crippen molar-refractivity contribution in [1.82, 2.24) is 15.0 Å². The van der Waals surface area contributed by atoms with Crippen molar-refractivity contribution in [2.45, 2.75) is 20.3 Å². The van der Waals surface area contributed by atoms with E-state index in [2.05, 4.69) is 67.3 Å². The van der Waals surface area contributed by atoms with Gasteiger partial charge in [0.1, 0.15) is 11.5 Å². The molecule has 19 heavy (non-hydrogen) atoms. The molecule has 0 atom stereocenters. The Hall–Kier alpha value is -0.760. The Morgan fingerprint density at radius 1 is 1.32 bits per heavy atom. The molecule has 0 aliphatic heterocycles. The Labute approximate surface area is 134 Å². The number of nitrogens with zero attached hydrogens (tertiary/aromatic N) is 3. The number of aromatic nitrogens is 3. The summed E-state index contributed by atoms with van der Waals surface area (Å²) >= 11 is 5.56. The predicted octanol–water partition coefficient (Wildman–Crippen LogP) is 3.69. The van der Waals surface area contributed by atoms with Crippen molar-refractivity contribution in [3.05, 3.63) is 32.1 Å². The Morgan fingerprint density at radius 3 is 2.63 bits per heavy atom. The Morgan fingerprint density at radius 2 is 2.05 bits per heavy atom. The van der Waals surface area contributed by atoms with E-state index in [0.717, 1.165) is 25.9 Å². The van der Waals surface area contributed by atoms with E-state index in [1.807, 2.05) is 12.1 Å². The molecule has 0 unspecified atom stereocenters. The standard InChI is InChI=1S/C13H14BrIN4/c1-7(2)5-10-11(15)12(16)19-13(18-10)9-4-3-8(14)6-17-9/h3-4,6-7H,5H2,1-2H3,(H2,16,18,19). The highest BCUT2D eigenvalue weighted by molar-refractivity contribution is 14.1. The molecule has 0 saturated heterocycles. The molecule has 0 bridgehead atoms. The molecule has 0 amide bonds. The summed E-state index contributed by atoms with van der Waals surface area (Å²) in [6.07, 6.45) is 2.61. The normalized spacial score (nSPS) is 11.0. The number of pyridine rings is 1. The van der Waals surface area contributed by atoms with Gasteiger partial charge in [0.2, 0.25) is 0 Å². The van der Waals surface area contributed by atoms with Crippen LogP contribution in [0.5, 0.6) is 0 Å². The maximum atomic E-state index is 5.97. The average Bonchev–Trinajstić information content (AvgIpc) is 2.35. The third-order valence-electron chi connectivity index (χ3n) is 2.50. The second-order valence-electron chi connectivity index (χ2n) is 4.65. The van der Waals surface area contributed by atoms with Crippen LogP contribution in [0.15, 0.2) is 22.8 Å². The van der Waals surface area contributed by atoms with Gasteiger partial charge in [0.15, 0.2) is 5.82 Å². The van der Waals surface area contributed by atoms with Crippen LogP contribution in [-0.4, -0.2) is 15.0 Å². The van der Waals surface area contributed by atoms with Gasteiger partial charge in [-0.25, -0.2) is 9.97 Å². The summed E-state index contributed by atoms with van der Waals surface area (Å²) in [4.78, 5) is 13.2. The Balaban J connectivity index is 2.46. The molecule has 2 aromatic heterocycles. The molecule has 0 saturated carbocycles. The first-order chi connectivity index (χ1) is 8.97. The van der Waals surface area contributed by atoms with Crippen molar-refractivity contribution >= 4 is 44.3 Å². The van der Waals surface area contributed by atoms with Crippen molar-refractivity contribution in [3.63, 3.8) is 0 Å². The number of hydrogen-bond acceptors (Lipinski definition) is 4. The first kappa shape index (κ1) is 14.6. The van der Waals surface area contributed by atoms with Crippen molar-refractivity contribution in [3.8, 4) is 11.5 Å². The molecule has 4 nitrogen and oxygen atoms in total. The molecule has 2 N–H and O–H groups in total. The monoisotopic (exact) mass is 432 g/mol. The fraction of sp³-hybridized carbons (Fsp3) is 0.308. The average molecular weight is 433 g/mol. The van der Waals surface area contributed by atoms with E-state index in [9.17, 15) is 0 Å². The van der Waals surface area contributed by atoms with Gasteiger partial charge in [-0.1, -0.05) is 13.8 Å². The van der Waals surface area contributed by atoms with Crippen LogP contribution in [0.2, 0.25) is 0 Å². The van der Waals surface area contributed by atoms with Gasteiger partial charge in [-0.05, 0) is 63.0 Å². The number of anilines is 1. The van der Waals surface area contributed by atoms with E-state index in [1.165, 1.54) is 0 Å². The van der Waals surface area contributed by atoms with Gasteiger partial charge < -0.3 is 5.73 Å². The predicted molar refractivity (Wildman–Crippen MR) is 88.6 cm³/mol. The summed E-state index contributed by atoms with van der Waals surface area (Å²) in [5, 5.41) is 0. The molecular weight excluding hydrogens is 419 g/mol. The van der Waals surface area contributed by atoms with Crippen LogP contribution >= 0.6 is 38.5 Å². The van der Waals surface area contributed by atoms with Crippen molar-refractivity contribution in [2.75, 3.05) is 5.73 Å². The van der Waals surface area contributed by atoms with E-state index < -0.39 is 0 Å². The van der Waals surface area contributed by atoms with Gasteiger partial charge in [0.25, 0.3) is 0 Å². The molecule has 100 valence electrons. The quantitative estimate of drug-likeness (QED) is 0.751. The molecule has 0 aromatic carbocycles. The molecular formula is C13H14BrIN4. The SMILES string of the molecule is CC(C)Cc1nc(-c2ccc(Br)cn2)nc(N)c1I. The fourth-order valence-electron chi connectivity index (χ4n) is 1.66. The van der Waals surface area contributed by atoms with Crippen LogP contribution in [-0.2, 0) is 6.42 Å². The highest BCUT2D eigenvalue weighted by Crippen LogP contribution is 2.23. The highest BCUT2D eigenvalue weighted by atomic mass is 127. The third-order valence-corrected chi connectivity index (χ3v) is 4.15. The number of nitrogens with two attached hydrogens (primary N) is 1. The number of halogens is 2. The minimum Gasteiger partial charge on any atom is -0.383 e. The molecule has 0 spiro atoms. The first-order valence-corrected chi connectivity index (χ1v) is 7.78. The molecule has 2 aromatic rings. The lowest BCUT2D eigenvalue weighted by Gasteiger charge is -2.10. The van der Waals surface area contributed by atoms with Gasteiger partial charge >= 0.3 is 0 Å². The lowest BCUT2D eigenvalue weighted by atomic mass is 10.1. The van der Waals surface area contributed by atoms with Crippen LogP contribution in [0.4, 0.5) is 5.82 Å². The smallest absolute Gasteiger partial charge is 0.180 e. The molecule has 0 fully saturated rings. The van der Waals surface area contributed by atoms with Gasteiger partial charge in [-0.3, -0.25) is 4.98 Å². The largest absolute Gasteiger partial charge is 0.383 e. The lowest BCUT2D eigenvalue weighted by molar-refractivity contribution is 0.632. The zero-order chi connectivity index (χ0) is 14.0. The summed E-state index contributed by atoms with van der Waals surface area (Å²) in [6, 6.07) is 3.80. The minimum atomic E-state index is 0.519. The summed E-state index contributed by atoms with van der Waals surface area (Å²) in [5.74, 6) is 1.63. The maximum Gasteiger partial charge on any atom is 0.180 e. The lowest BCUT2D eigenvalue weighted by Crippen LogP contribution is -2.08. The van der Waals surface area contributed by atoms with E-state index >= 15 is 0 Å². The van der Waals surface area contributed by atoms with Gasteiger partial charge in [-0.2, -0.15) is 0 Å². The molecule has 2 heterocycles. The third kappa shape index (κ3) is 3.62. The van der Waals surface area contributed by atoms with Gasteiger partial charge in [0.05, 0.1) is 9.26 Å². The summed E-state index contributed by atoms with van der Waals surface area (Å²) in [6.45, 7) is 4.32. The van der Waals surface area contributed by atoms with Crippen LogP contribution in [0, 0.1) is 9.49 Å². The van der Waals surface area contributed by atoms with Crippen LogP contribution in [0.25, 0.3) is 11.5 Å². The van der Waals surface area contributed by atoms with Crippen LogP contribution in [0.3, 0.4) is 0 Å². The van der Waals surface area contributed by atoms with E-state index in [0.29, 0.717) is 17.6 Å². The highest BCUT2D eigenvalue weighted by Gasteiger charge is 2.13. The van der Waals surface area contributed by atoms with Gasteiger partial charge in [-0.15, -0.1) is 0 Å². The minimum absolute atomic E-state index is 0.519. The Kier molecular flexibility index (Phi) is 4.72. The Bertz CT molecular complexity index is 584. The molecule has 0 aliphatic rings. The van der Waals surface area contributed by atoms with E-state index in [-0.39, 0.29) is 0 Å². The first-order valence-electron chi connectivity index (χ1n) is 5.91.